The number of hydrogen-bond donors (Lipinski definition) is 3. The molecular weight excluding hydrogens is 1260 g/mol. The molecule has 0 saturated heterocycles. The molecule has 0 aromatic rings. The summed E-state index contributed by atoms with van der Waals surface area (Å²) in [7, 11) is -9.91. The molecule has 5 atom stereocenters. The van der Waals surface area contributed by atoms with Crippen LogP contribution in [0.1, 0.15) is 395 Å². The van der Waals surface area contributed by atoms with E-state index in [1.54, 1.807) is 0 Å². The van der Waals surface area contributed by atoms with E-state index in [1.165, 1.54) is 205 Å². The first-order chi connectivity index (χ1) is 46.2. The van der Waals surface area contributed by atoms with Gasteiger partial charge in [0.15, 0.2) is 12.2 Å². The SMILES string of the molecule is CCCCCCCCCCCCC(=O)OC[C@H](COP(=O)(O)OC[C@H](O)COP(=O)(O)OC[C@@H](COC(=O)CCCCCCCCCCCCCCC(C)C)OC(=O)CCCCCCCCCCCCCCCCCC(C)C)OC(=O)CCCCCCCCCCCCC(C)C. The number of aliphatic hydroxyl groups excluding tert-OH is 1. The Morgan fingerprint density at radius 3 is 0.708 bits per heavy atom. The Hall–Kier alpha value is -1.94. The van der Waals surface area contributed by atoms with Crippen molar-refractivity contribution in [1.82, 2.24) is 0 Å². The van der Waals surface area contributed by atoms with Gasteiger partial charge in [0.05, 0.1) is 26.4 Å². The lowest BCUT2D eigenvalue weighted by Gasteiger charge is -2.21. The lowest BCUT2D eigenvalue weighted by Crippen LogP contribution is -2.30. The van der Waals surface area contributed by atoms with Gasteiger partial charge in [-0.05, 0) is 43.4 Å². The highest BCUT2D eigenvalue weighted by Crippen LogP contribution is 2.45. The number of aliphatic hydroxyl groups is 1. The van der Waals surface area contributed by atoms with E-state index in [1.807, 2.05) is 0 Å². The predicted octanol–water partition coefficient (Wildman–Crippen LogP) is 22.6. The van der Waals surface area contributed by atoms with Crippen molar-refractivity contribution in [2.75, 3.05) is 39.6 Å². The van der Waals surface area contributed by atoms with Gasteiger partial charge in [0.1, 0.15) is 19.3 Å². The fourth-order valence-corrected chi connectivity index (χ4v) is 13.4. The third kappa shape index (κ3) is 70.5. The van der Waals surface area contributed by atoms with Gasteiger partial charge in [0.2, 0.25) is 0 Å². The fraction of sp³-hybridized carbons (Fsp3) is 0.948. The second kappa shape index (κ2) is 67.5. The molecule has 0 saturated carbocycles. The molecule has 96 heavy (non-hydrogen) atoms. The topological polar surface area (TPSA) is 237 Å². The normalized spacial score (nSPS) is 14.1. The average molecular weight is 1410 g/mol. The second-order valence-electron chi connectivity index (χ2n) is 29.2. The lowest BCUT2D eigenvalue weighted by molar-refractivity contribution is -0.161. The van der Waals surface area contributed by atoms with Gasteiger partial charge in [-0.25, -0.2) is 9.13 Å². The molecule has 17 nitrogen and oxygen atoms in total. The summed E-state index contributed by atoms with van der Waals surface area (Å²) in [5.74, 6) is 0.221. The number of ether oxygens (including phenoxy) is 4. The van der Waals surface area contributed by atoms with Crippen molar-refractivity contribution in [3.63, 3.8) is 0 Å². The highest BCUT2D eigenvalue weighted by atomic mass is 31.2. The van der Waals surface area contributed by atoms with Crippen molar-refractivity contribution in [3.8, 4) is 0 Å². The first kappa shape index (κ1) is 94.1. The number of unbranched alkanes of at least 4 members (excludes halogenated alkanes) is 43. The summed E-state index contributed by atoms with van der Waals surface area (Å²) < 4.78 is 68.6. The van der Waals surface area contributed by atoms with Crippen LogP contribution in [0.4, 0.5) is 0 Å². The molecule has 0 amide bonds. The summed E-state index contributed by atoms with van der Waals surface area (Å²) in [5.41, 5.74) is 0. The first-order valence-electron chi connectivity index (χ1n) is 39.8. The number of phosphoric acid groups is 2. The highest BCUT2D eigenvalue weighted by molar-refractivity contribution is 7.47. The van der Waals surface area contributed by atoms with E-state index in [4.69, 9.17) is 37.0 Å². The average Bonchev–Trinajstić information content (AvgIpc) is 1.59. The summed E-state index contributed by atoms with van der Waals surface area (Å²) in [6.07, 6.45) is 54.0. The van der Waals surface area contributed by atoms with Gasteiger partial charge in [0, 0.05) is 25.7 Å². The molecule has 0 aliphatic heterocycles. The highest BCUT2D eigenvalue weighted by Gasteiger charge is 2.30. The van der Waals surface area contributed by atoms with Crippen molar-refractivity contribution in [1.29, 1.82) is 0 Å². The van der Waals surface area contributed by atoms with Crippen molar-refractivity contribution in [3.05, 3.63) is 0 Å². The molecule has 0 fully saturated rings. The molecule has 0 aromatic carbocycles. The molecule has 0 bridgehead atoms. The summed E-state index contributed by atoms with van der Waals surface area (Å²) in [6, 6.07) is 0. The first-order valence-corrected chi connectivity index (χ1v) is 42.8. The number of hydrogen-bond acceptors (Lipinski definition) is 15. The Morgan fingerprint density at radius 2 is 0.479 bits per heavy atom. The van der Waals surface area contributed by atoms with Crippen molar-refractivity contribution in [2.24, 2.45) is 17.8 Å². The Kier molecular flexibility index (Phi) is 66.2. The minimum absolute atomic E-state index is 0.106. The number of rotatable bonds is 75. The largest absolute Gasteiger partial charge is 0.472 e. The van der Waals surface area contributed by atoms with E-state index in [2.05, 4.69) is 48.5 Å². The molecule has 3 N–H and O–H groups in total. The van der Waals surface area contributed by atoms with Crippen molar-refractivity contribution in [2.45, 2.75) is 414 Å². The lowest BCUT2D eigenvalue weighted by atomic mass is 10.0. The minimum atomic E-state index is -4.96. The van der Waals surface area contributed by atoms with Gasteiger partial charge < -0.3 is 33.8 Å². The number of carbonyl (C=O) groups excluding carboxylic acids is 4. The summed E-state index contributed by atoms with van der Waals surface area (Å²) >= 11 is 0. The van der Waals surface area contributed by atoms with Crippen LogP contribution in [0.15, 0.2) is 0 Å². The van der Waals surface area contributed by atoms with E-state index in [9.17, 15) is 43.2 Å². The van der Waals surface area contributed by atoms with Crippen molar-refractivity contribution < 1.29 is 80.2 Å². The molecule has 0 spiro atoms. The van der Waals surface area contributed by atoms with E-state index in [0.29, 0.717) is 25.7 Å². The van der Waals surface area contributed by atoms with Crippen LogP contribution in [-0.2, 0) is 65.4 Å². The Balaban J connectivity index is 5.25. The zero-order valence-corrected chi connectivity index (χ0v) is 64.6. The van der Waals surface area contributed by atoms with E-state index < -0.39 is 97.5 Å². The number of phosphoric ester groups is 2. The minimum Gasteiger partial charge on any atom is -0.462 e. The molecule has 19 heteroatoms. The van der Waals surface area contributed by atoms with Gasteiger partial charge in [-0.15, -0.1) is 0 Å². The van der Waals surface area contributed by atoms with Crippen LogP contribution >= 0.6 is 15.6 Å². The maximum atomic E-state index is 13.1. The summed E-state index contributed by atoms with van der Waals surface area (Å²) in [6.45, 7) is 11.9. The zero-order chi connectivity index (χ0) is 70.9. The van der Waals surface area contributed by atoms with Gasteiger partial charge in [-0.2, -0.15) is 0 Å². The van der Waals surface area contributed by atoms with Crippen LogP contribution < -0.4 is 0 Å². The molecule has 0 radical (unpaired) electrons. The Bertz CT molecular complexity index is 1870. The third-order valence-electron chi connectivity index (χ3n) is 17.9. The second-order valence-corrected chi connectivity index (χ2v) is 32.1. The fourth-order valence-electron chi connectivity index (χ4n) is 11.8. The molecule has 0 rings (SSSR count). The molecule has 0 aliphatic carbocycles. The third-order valence-corrected chi connectivity index (χ3v) is 19.8. The Labute approximate surface area is 588 Å². The predicted molar refractivity (Wildman–Crippen MR) is 391 cm³/mol. The molecule has 570 valence electrons. The monoisotopic (exact) mass is 1410 g/mol. The van der Waals surface area contributed by atoms with Crippen LogP contribution in [0, 0.1) is 17.8 Å². The van der Waals surface area contributed by atoms with E-state index in [0.717, 1.165) is 108 Å². The molecule has 0 aromatic heterocycles. The van der Waals surface area contributed by atoms with Gasteiger partial charge >= 0.3 is 39.5 Å². The quantitative estimate of drug-likeness (QED) is 0.0222. The number of carbonyl (C=O) groups is 4. The molecular formula is C77H150O17P2. The van der Waals surface area contributed by atoms with Crippen LogP contribution in [0.2, 0.25) is 0 Å². The van der Waals surface area contributed by atoms with Crippen molar-refractivity contribution >= 4 is 39.5 Å². The smallest absolute Gasteiger partial charge is 0.462 e. The van der Waals surface area contributed by atoms with Gasteiger partial charge in [-0.3, -0.25) is 37.3 Å². The number of esters is 4. The molecule has 0 aliphatic rings. The molecule has 0 heterocycles. The van der Waals surface area contributed by atoms with Crippen LogP contribution in [0.5, 0.6) is 0 Å². The van der Waals surface area contributed by atoms with Gasteiger partial charge in [-0.1, -0.05) is 344 Å². The van der Waals surface area contributed by atoms with Gasteiger partial charge in [0.25, 0.3) is 0 Å². The summed E-state index contributed by atoms with van der Waals surface area (Å²) in [4.78, 5) is 72.8. The summed E-state index contributed by atoms with van der Waals surface area (Å²) in [5, 5.41) is 10.6. The van der Waals surface area contributed by atoms with Crippen LogP contribution in [-0.4, -0.2) is 96.7 Å². The maximum Gasteiger partial charge on any atom is 0.472 e. The van der Waals surface area contributed by atoms with E-state index >= 15 is 0 Å². The van der Waals surface area contributed by atoms with E-state index in [-0.39, 0.29) is 25.7 Å². The van der Waals surface area contributed by atoms with Crippen LogP contribution in [0.25, 0.3) is 0 Å². The standard InChI is InChI=1S/C77H150O17P2/c1-8-9-10-11-12-13-30-37-44-51-58-74(79)87-64-72(94-77(82)61-54-47-40-33-26-25-29-36-43-50-57-70(6)7)66-91-95(83,84)89-62-71(78)63-90-96(85,86)92-67-73(65-88-75(80)59-52-45-38-31-23-20-19-22-28-35-42-49-56-69(4)5)93-76(81)60-53-46-39-32-24-18-16-14-15-17-21-27-34-41-48-55-68(2)3/h68-73,78H,8-67H2,1-7H3,(H,83,84)(H,85,86)/t71-,72+,73+/m0/s1. The Morgan fingerprint density at radius 1 is 0.281 bits per heavy atom. The van der Waals surface area contributed by atoms with Crippen LogP contribution in [0.3, 0.4) is 0 Å². The maximum absolute atomic E-state index is 13.1. The zero-order valence-electron chi connectivity index (χ0n) is 62.8. The molecule has 2 unspecified atom stereocenters.